The molecule has 0 spiro atoms. The fourth-order valence-electron chi connectivity index (χ4n) is 1.23. The van der Waals surface area contributed by atoms with Gasteiger partial charge in [0.2, 0.25) is 0 Å². The van der Waals surface area contributed by atoms with E-state index in [0.717, 1.165) is 12.1 Å². The monoisotopic (exact) mass is 243 g/mol. The normalized spacial score (nSPS) is 11.0. The molecule has 0 atom stereocenters. The number of carbonyl (C=O) groups excluding carboxylic acids is 1. The van der Waals surface area contributed by atoms with Crippen LogP contribution in [-0.2, 0) is 6.18 Å². The summed E-state index contributed by atoms with van der Waals surface area (Å²) < 4.78 is 37.2. The van der Waals surface area contributed by atoms with E-state index >= 15 is 0 Å². The van der Waals surface area contributed by atoms with Crippen LogP contribution in [0.1, 0.15) is 22.3 Å². The van der Waals surface area contributed by atoms with Gasteiger partial charge in [0.1, 0.15) is 0 Å². The van der Waals surface area contributed by atoms with E-state index in [2.05, 4.69) is 11.9 Å². The maximum absolute atomic E-state index is 12.4. The number of rotatable bonds is 4. The highest BCUT2D eigenvalue weighted by Gasteiger charge is 2.30. The van der Waals surface area contributed by atoms with Gasteiger partial charge in [-0.1, -0.05) is 12.1 Å². The lowest BCUT2D eigenvalue weighted by molar-refractivity contribution is -0.137. The zero-order valence-electron chi connectivity index (χ0n) is 9.05. The molecule has 0 saturated carbocycles. The molecule has 1 aromatic carbocycles. The van der Waals surface area contributed by atoms with E-state index in [1.54, 1.807) is 6.08 Å². The van der Waals surface area contributed by atoms with E-state index in [1.807, 2.05) is 0 Å². The minimum Gasteiger partial charge on any atom is -0.352 e. The van der Waals surface area contributed by atoms with Crippen LogP contribution in [0.5, 0.6) is 0 Å². The maximum Gasteiger partial charge on any atom is 0.416 e. The summed E-state index contributed by atoms with van der Waals surface area (Å²) >= 11 is 0. The standard InChI is InChI=1S/C12H12F3NO/c1-2-3-7-16-11(17)9-5-4-6-10(8-9)12(13,14)15/h2,4-6,8H,1,3,7H2,(H,16,17). The second-order valence-electron chi connectivity index (χ2n) is 3.41. The molecule has 0 fully saturated rings. The van der Waals surface area contributed by atoms with Crippen LogP contribution in [0, 0.1) is 0 Å². The van der Waals surface area contributed by atoms with Crippen molar-refractivity contribution in [2.24, 2.45) is 0 Å². The zero-order chi connectivity index (χ0) is 12.9. The van der Waals surface area contributed by atoms with Crippen molar-refractivity contribution < 1.29 is 18.0 Å². The van der Waals surface area contributed by atoms with Crippen LogP contribution in [0.2, 0.25) is 0 Å². The molecule has 0 heterocycles. The molecule has 1 amide bonds. The Labute approximate surface area is 97.1 Å². The average Bonchev–Trinajstić information content (AvgIpc) is 2.28. The van der Waals surface area contributed by atoms with Crippen LogP contribution in [0.15, 0.2) is 36.9 Å². The molecule has 1 N–H and O–H groups in total. The molecule has 1 aromatic rings. The van der Waals surface area contributed by atoms with Gasteiger partial charge in [-0.25, -0.2) is 0 Å². The summed E-state index contributed by atoms with van der Waals surface area (Å²) in [4.78, 5) is 11.5. The summed E-state index contributed by atoms with van der Waals surface area (Å²) in [5.41, 5.74) is -0.822. The van der Waals surface area contributed by atoms with Gasteiger partial charge in [0.25, 0.3) is 5.91 Å². The molecule has 0 bridgehead atoms. The van der Waals surface area contributed by atoms with E-state index < -0.39 is 17.6 Å². The predicted octanol–water partition coefficient (Wildman–Crippen LogP) is 3.01. The molecule has 17 heavy (non-hydrogen) atoms. The SMILES string of the molecule is C=CCCNC(=O)c1cccc(C(F)(F)F)c1. The summed E-state index contributed by atoms with van der Waals surface area (Å²) in [5, 5.41) is 2.50. The minimum absolute atomic E-state index is 0.00360. The van der Waals surface area contributed by atoms with Gasteiger partial charge < -0.3 is 5.32 Å². The Bertz CT molecular complexity index is 412. The van der Waals surface area contributed by atoms with Crippen molar-refractivity contribution in [2.45, 2.75) is 12.6 Å². The molecule has 92 valence electrons. The highest BCUT2D eigenvalue weighted by atomic mass is 19.4. The first-order valence-electron chi connectivity index (χ1n) is 5.01. The van der Waals surface area contributed by atoms with Gasteiger partial charge in [-0.05, 0) is 24.6 Å². The lowest BCUT2D eigenvalue weighted by atomic mass is 10.1. The Morgan fingerprint density at radius 1 is 1.41 bits per heavy atom. The van der Waals surface area contributed by atoms with E-state index in [0.29, 0.717) is 13.0 Å². The van der Waals surface area contributed by atoms with Crippen molar-refractivity contribution in [3.8, 4) is 0 Å². The molecule has 1 rings (SSSR count). The molecule has 0 aliphatic carbocycles. The first-order chi connectivity index (χ1) is 7.95. The van der Waals surface area contributed by atoms with E-state index in [9.17, 15) is 18.0 Å². The Morgan fingerprint density at radius 2 is 2.12 bits per heavy atom. The maximum atomic E-state index is 12.4. The summed E-state index contributed by atoms with van der Waals surface area (Å²) in [6.45, 7) is 3.84. The Balaban J connectivity index is 2.78. The van der Waals surface area contributed by atoms with Crippen LogP contribution >= 0.6 is 0 Å². The summed E-state index contributed by atoms with van der Waals surface area (Å²) in [6.07, 6.45) is -2.24. The molecule has 0 saturated heterocycles. The fraction of sp³-hybridized carbons (Fsp3) is 0.250. The van der Waals surface area contributed by atoms with Gasteiger partial charge in [0, 0.05) is 12.1 Å². The third-order valence-electron chi connectivity index (χ3n) is 2.09. The van der Waals surface area contributed by atoms with Crippen molar-refractivity contribution in [3.05, 3.63) is 48.0 Å². The quantitative estimate of drug-likeness (QED) is 0.639. The van der Waals surface area contributed by atoms with Crippen LogP contribution in [0.4, 0.5) is 13.2 Å². The highest BCUT2D eigenvalue weighted by molar-refractivity contribution is 5.94. The van der Waals surface area contributed by atoms with Gasteiger partial charge >= 0.3 is 6.18 Å². The van der Waals surface area contributed by atoms with Gasteiger partial charge in [-0.2, -0.15) is 13.2 Å². The van der Waals surface area contributed by atoms with E-state index in [-0.39, 0.29) is 5.56 Å². The lowest BCUT2D eigenvalue weighted by Gasteiger charge is -2.08. The molecule has 0 radical (unpaired) electrons. The van der Waals surface area contributed by atoms with Crippen molar-refractivity contribution in [3.63, 3.8) is 0 Å². The third-order valence-corrected chi connectivity index (χ3v) is 2.09. The molecule has 0 aliphatic rings. The molecule has 0 unspecified atom stereocenters. The Kier molecular flexibility index (Phi) is 4.31. The largest absolute Gasteiger partial charge is 0.416 e. The van der Waals surface area contributed by atoms with Crippen LogP contribution in [0.3, 0.4) is 0 Å². The number of alkyl halides is 3. The first kappa shape index (κ1) is 13.3. The molecular weight excluding hydrogens is 231 g/mol. The van der Waals surface area contributed by atoms with E-state index in [1.165, 1.54) is 12.1 Å². The van der Waals surface area contributed by atoms with Crippen molar-refractivity contribution in [1.29, 1.82) is 0 Å². The Morgan fingerprint density at radius 3 is 2.71 bits per heavy atom. The predicted molar refractivity (Wildman–Crippen MR) is 58.6 cm³/mol. The molecule has 2 nitrogen and oxygen atoms in total. The van der Waals surface area contributed by atoms with Crippen LogP contribution in [-0.4, -0.2) is 12.5 Å². The summed E-state index contributed by atoms with van der Waals surface area (Å²) in [5.74, 6) is -0.516. The van der Waals surface area contributed by atoms with Crippen molar-refractivity contribution in [1.82, 2.24) is 5.32 Å². The third kappa shape index (κ3) is 3.94. The molecule has 5 heteroatoms. The number of hydrogen-bond acceptors (Lipinski definition) is 1. The highest BCUT2D eigenvalue weighted by Crippen LogP contribution is 2.29. The van der Waals surface area contributed by atoms with Gasteiger partial charge in [0.05, 0.1) is 5.56 Å². The second-order valence-corrected chi connectivity index (χ2v) is 3.41. The second kappa shape index (κ2) is 5.52. The lowest BCUT2D eigenvalue weighted by Crippen LogP contribution is -2.24. The minimum atomic E-state index is -4.43. The van der Waals surface area contributed by atoms with Crippen LogP contribution in [0.25, 0.3) is 0 Å². The number of hydrogen-bond donors (Lipinski definition) is 1. The fourth-order valence-corrected chi connectivity index (χ4v) is 1.23. The van der Waals surface area contributed by atoms with Crippen molar-refractivity contribution in [2.75, 3.05) is 6.54 Å². The smallest absolute Gasteiger partial charge is 0.352 e. The molecular formula is C12H12F3NO. The number of carbonyl (C=O) groups is 1. The number of benzene rings is 1. The zero-order valence-corrected chi connectivity index (χ0v) is 9.05. The van der Waals surface area contributed by atoms with Crippen molar-refractivity contribution >= 4 is 5.91 Å². The van der Waals surface area contributed by atoms with Crippen LogP contribution < -0.4 is 5.32 Å². The average molecular weight is 243 g/mol. The topological polar surface area (TPSA) is 29.1 Å². The molecule has 0 aliphatic heterocycles. The summed E-state index contributed by atoms with van der Waals surface area (Å²) in [7, 11) is 0. The summed E-state index contributed by atoms with van der Waals surface area (Å²) in [6, 6.07) is 4.33. The van der Waals surface area contributed by atoms with Gasteiger partial charge in [-0.3, -0.25) is 4.79 Å². The number of halogens is 3. The number of nitrogens with one attached hydrogen (secondary N) is 1. The first-order valence-corrected chi connectivity index (χ1v) is 5.01. The van der Waals surface area contributed by atoms with Gasteiger partial charge in [0.15, 0.2) is 0 Å². The number of amides is 1. The van der Waals surface area contributed by atoms with E-state index in [4.69, 9.17) is 0 Å². The Hall–Kier alpha value is -1.78. The van der Waals surface area contributed by atoms with Gasteiger partial charge in [-0.15, -0.1) is 6.58 Å². The molecule has 0 aromatic heterocycles.